The number of alkyl halides is 6. The van der Waals surface area contributed by atoms with Crippen molar-refractivity contribution in [3.8, 4) is 0 Å². The fourth-order valence-electron chi connectivity index (χ4n) is 5.18. The van der Waals surface area contributed by atoms with Crippen LogP contribution in [0.1, 0.15) is 53.0 Å². The van der Waals surface area contributed by atoms with Gasteiger partial charge in [0.1, 0.15) is 5.82 Å². The minimum absolute atomic E-state index is 0.0201. The zero-order chi connectivity index (χ0) is 28.9. The lowest BCUT2D eigenvalue weighted by Gasteiger charge is -2.40. The van der Waals surface area contributed by atoms with Crippen molar-refractivity contribution in [1.29, 1.82) is 0 Å². The highest BCUT2D eigenvalue weighted by Crippen LogP contribution is 2.41. The number of rotatable bonds is 6. The number of sulfonamides is 1. The highest BCUT2D eigenvalue weighted by molar-refractivity contribution is 7.88. The van der Waals surface area contributed by atoms with Crippen molar-refractivity contribution in [3.05, 3.63) is 70.0 Å². The molecule has 5 nitrogen and oxygen atoms in total. The molecule has 2 aliphatic rings. The molecule has 13 heteroatoms. The standard InChI is InChI=1S/C26H27F7N2O3S/c1-15-9-19(27)3-6-21(15)23-14-34(39(2,37)38)8-7-22(23)24(36)35(20-4-5-20)13-16-10-17(25(28,29)30)12-18(11-16)26(31,32)33/h3,6,9-12,20,22-23H,4-5,7-8,13-14H2,1-2H3. The van der Waals surface area contributed by atoms with Crippen molar-refractivity contribution in [2.24, 2.45) is 5.92 Å². The van der Waals surface area contributed by atoms with Crippen molar-refractivity contribution in [2.45, 2.75) is 57.0 Å². The van der Waals surface area contributed by atoms with Gasteiger partial charge in [-0.2, -0.15) is 26.3 Å². The van der Waals surface area contributed by atoms with Gasteiger partial charge in [0, 0.05) is 37.5 Å². The van der Waals surface area contributed by atoms with Crippen LogP contribution in [0.3, 0.4) is 0 Å². The molecule has 0 spiro atoms. The maximum atomic E-state index is 13.9. The second-order valence-electron chi connectivity index (χ2n) is 10.2. The first-order chi connectivity index (χ1) is 17.9. The summed E-state index contributed by atoms with van der Waals surface area (Å²) >= 11 is 0. The van der Waals surface area contributed by atoms with E-state index in [1.165, 1.54) is 27.4 Å². The van der Waals surface area contributed by atoms with Crippen LogP contribution >= 0.6 is 0 Å². The van der Waals surface area contributed by atoms with Gasteiger partial charge < -0.3 is 4.90 Å². The van der Waals surface area contributed by atoms with E-state index >= 15 is 0 Å². The zero-order valence-corrected chi connectivity index (χ0v) is 21.9. The molecule has 0 aromatic heterocycles. The summed E-state index contributed by atoms with van der Waals surface area (Å²) in [5, 5.41) is 0. The van der Waals surface area contributed by atoms with Gasteiger partial charge in [-0.3, -0.25) is 4.79 Å². The zero-order valence-electron chi connectivity index (χ0n) is 21.1. The van der Waals surface area contributed by atoms with Gasteiger partial charge in [-0.05, 0) is 73.2 Å². The average Bonchev–Trinajstić information content (AvgIpc) is 3.65. The number of benzene rings is 2. The molecule has 1 aliphatic carbocycles. The highest BCUT2D eigenvalue weighted by atomic mass is 32.2. The summed E-state index contributed by atoms with van der Waals surface area (Å²) in [6.45, 7) is 1.12. The van der Waals surface area contributed by atoms with Crippen LogP contribution in [-0.4, -0.2) is 48.9 Å². The molecule has 39 heavy (non-hydrogen) atoms. The van der Waals surface area contributed by atoms with E-state index in [2.05, 4.69) is 0 Å². The van der Waals surface area contributed by atoms with E-state index in [1.807, 2.05) is 0 Å². The van der Waals surface area contributed by atoms with E-state index in [0.29, 0.717) is 36.1 Å². The summed E-state index contributed by atoms with van der Waals surface area (Å²) in [6, 6.07) is 4.85. The molecule has 1 saturated carbocycles. The molecule has 214 valence electrons. The number of hydrogen-bond acceptors (Lipinski definition) is 3. The molecule has 0 bridgehead atoms. The van der Waals surface area contributed by atoms with Crippen LogP contribution in [-0.2, 0) is 33.7 Å². The van der Waals surface area contributed by atoms with Gasteiger partial charge in [0.2, 0.25) is 15.9 Å². The quantitative estimate of drug-likeness (QED) is 0.411. The molecule has 2 aromatic rings. The van der Waals surface area contributed by atoms with Crippen LogP contribution in [0.4, 0.5) is 30.7 Å². The molecule has 2 fully saturated rings. The van der Waals surface area contributed by atoms with Gasteiger partial charge >= 0.3 is 12.4 Å². The number of hydrogen-bond donors (Lipinski definition) is 0. The Labute approximate surface area is 221 Å². The second-order valence-corrected chi connectivity index (χ2v) is 12.2. The van der Waals surface area contributed by atoms with E-state index in [0.717, 1.165) is 6.26 Å². The smallest absolute Gasteiger partial charge is 0.335 e. The molecule has 2 atom stereocenters. The third-order valence-electron chi connectivity index (χ3n) is 7.26. The van der Waals surface area contributed by atoms with E-state index in [1.54, 1.807) is 6.92 Å². The first kappa shape index (κ1) is 29.3. The lowest BCUT2D eigenvalue weighted by atomic mass is 9.79. The van der Waals surface area contributed by atoms with E-state index in [-0.39, 0.29) is 37.2 Å². The van der Waals surface area contributed by atoms with Crippen molar-refractivity contribution < 1.29 is 43.9 Å². The summed E-state index contributed by atoms with van der Waals surface area (Å²) in [6.07, 6.45) is -7.83. The topological polar surface area (TPSA) is 57.7 Å². The molecule has 2 aromatic carbocycles. The fraction of sp³-hybridized carbons (Fsp3) is 0.500. The Bertz CT molecular complexity index is 1320. The number of carbonyl (C=O) groups is 1. The predicted octanol–water partition coefficient (Wildman–Crippen LogP) is 5.73. The van der Waals surface area contributed by atoms with Crippen LogP contribution in [0.25, 0.3) is 0 Å². The Balaban J connectivity index is 1.70. The van der Waals surface area contributed by atoms with Crippen LogP contribution in [0, 0.1) is 18.7 Å². The minimum atomic E-state index is -5.02. The number of aryl methyl sites for hydroxylation is 1. The molecule has 1 amide bonds. The maximum Gasteiger partial charge on any atom is 0.416 e. The Morgan fingerprint density at radius 3 is 2.05 bits per heavy atom. The molecule has 1 aliphatic heterocycles. The van der Waals surface area contributed by atoms with Crippen molar-refractivity contribution >= 4 is 15.9 Å². The Morgan fingerprint density at radius 2 is 1.56 bits per heavy atom. The number of halogens is 7. The highest BCUT2D eigenvalue weighted by Gasteiger charge is 2.44. The van der Waals surface area contributed by atoms with Crippen molar-refractivity contribution in [2.75, 3.05) is 19.3 Å². The summed E-state index contributed by atoms with van der Waals surface area (Å²) in [4.78, 5) is 15.2. The molecule has 0 radical (unpaired) electrons. The molecule has 1 heterocycles. The number of amides is 1. The third-order valence-corrected chi connectivity index (χ3v) is 8.53. The van der Waals surface area contributed by atoms with Gasteiger partial charge in [-0.25, -0.2) is 17.1 Å². The van der Waals surface area contributed by atoms with E-state index < -0.39 is 63.6 Å². The third kappa shape index (κ3) is 6.74. The summed E-state index contributed by atoms with van der Waals surface area (Å²) < 4.78 is 120. The SMILES string of the molecule is Cc1cc(F)ccc1C1CN(S(C)(=O)=O)CCC1C(=O)N(Cc1cc(C(F)(F)F)cc(C(F)(F)F)c1)C1CC1. The van der Waals surface area contributed by atoms with Gasteiger partial charge in [0.25, 0.3) is 0 Å². The van der Waals surface area contributed by atoms with Gasteiger partial charge in [0.05, 0.1) is 17.4 Å². The molecular weight excluding hydrogens is 553 g/mol. The van der Waals surface area contributed by atoms with Crippen molar-refractivity contribution in [3.63, 3.8) is 0 Å². The average molecular weight is 581 g/mol. The summed E-state index contributed by atoms with van der Waals surface area (Å²) in [5.74, 6) is -2.49. The van der Waals surface area contributed by atoms with Gasteiger partial charge in [-0.1, -0.05) is 6.07 Å². The van der Waals surface area contributed by atoms with Crippen LogP contribution in [0.5, 0.6) is 0 Å². The van der Waals surface area contributed by atoms with Crippen molar-refractivity contribution in [1.82, 2.24) is 9.21 Å². The van der Waals surface area contributed by atoms with Crippen LogP contribution in [0.2, 0.25) is 0 Å². The van der Waals surface area contributed by atoms with Gasteiger partial charge in [-0.15, -0.1) is 0 Å². The van der Waals surface area contributed by atoms with Crippen LogP contribution < -0.4 is 0 Å². The van der Waals surface area contributed by atoms with E-state index in [4.69, 9.17) is 0 Å². The summed E-state index contributed by atoms with van der Waals surface area (Å²) in [5.41, 5.74) is -2.18. The lowest BCUT2D eigenvalue weighted by molar-refractivity contribution is -0.143. The lowest BCUT2D eigenvalue weighted by Crippen LogP contribution is -2.48. The Hall–Kier alpha value is -2.67. The molecule has 1 saturated heterocycles. The molecular formula is C26H27F7N2O3S. The Morgan fingerprint density at radius 1 is 0.974 bits per heavy atom. The number of carbonyl (C=O) groups excluding carboxylic acids is 1. The second kappa shape index (κ2) is 10.4. The first-order valence-corrected chi connectivity index (χ1v) is 14.1. The van der Waals surface area contributed by atoms with Crippen LogP contribution in [0.15, 0.2) is 36.4 Å². The predicted molar refractivity (Wildman–Crippen MR) is 128 cm³/mol. The maximum absolute atomic E-state index is 13.9. The number of piperidine rings is 1. The van der Waals surface area contributed by atoms with E-state index in [9.17, 15) is 43.9 Å². The molecule has 4 rings (SSSR count). The molecule has 2 unspecified atom stereocenters. The number of nitrogens with zero attached hydrogens (tertiary/aromatic N) is 2. The first-order valence-electron chi connectivity index (χ1n) is 12.2. The minimum Gasteiger partial charge on any atom is -0.335 e. The normalized spacial score (nSPS) is 21.2. The fourth-order valence-corrected chi connectivity index (χ4v) is 6.05. The monoisotopic (exact) mass is 580 g/mol. The molecule has 0 N–H and O–H groups in total. The largest absolute Gasteiger partial charge is 0.416 e. The van der Waals surface area contributed by atoms with Gasteiger partial charge in [0.15, 0.2) is 0 Å². The Kier molecular flexibility index (Phi) is 7.80. The summed E-state index contributed by atoms with van der Waals surface area (Å²) in [7, 11) is -3.63.